The number of methoxy groups -OCH3 is 1. The third-order valence-electron chi connectivity index (χ3n) is 5.33. The van der Waals surface area contributed by atoms with Crippen molar-refractivity contribution in [2.24, 2.45) is 0 Å². The van der Waals surface area contributed by atoms with E-state index in [0.717, 1.165) is 11.1 Å². The normalized spacial score (nSPS) is 24.4. The number of hydrogen-bond acceptors (Lipinski definition) is 8. The maximum Gasteiger partial charge on any atom is 0.220 e. The Morgan fingerprint density at radius 2 is 1.65 bits per heavy atom. The fourth-order valence-corrected chi connectivity index (χ4v) is 4.08. The zero-order valence-electron chi connectivity index (χ0n) is 19.5. The predicted molar refractivity (Wildman–Crippen MR) is 135 cm³/mol. The molecule has 5 atom stereocenters. The molecular weight excluding hydrogens is 474 g/mol. The number of carbonyl (C=O) groups is 1. The molecule has 2 aromatic rings. The van der Waals surface area contributed by atoms with Crippen LogP contribution in [0.2, 0.25) is 0 Å². The van der Waals surface area contributed by atoms with E-state index in [1.54, 1.807) is 0 Å². The van der Waals surface area contributed by atoms with Crippen LogP contribution in [0.5, 0.6) is 0 Å². The number of ether oxygens (including phenoxy) is 5. The summed E-state index contributed by atoms with van der Waals surface area (Å²) in [5.74, 6) is -0.228. The van der Waals surface area contributed by atoms with E-state index >= 15 is 0 Å². The van der Waals surface area contributed by atoms with E-state index < -0.39 is 30.6 Å². The van der Waals surface area contributed by atoms with Crippen LogP contribution in [-0.4, -0.2) is 60.9 Å². The van der Waals surface area contributed by atoms with Crippen LogP contribution in [-0.2, 0) is 41.7 Å². The Morgan fingerprint density at radius 3 is 2.21 bits per heavy atom. The maximum absolute atomic E-state index is 12.0. The van der Waals surface area contributed by atoms with Crippen LogP contribution in [0.25, 0.3) is 0 Å². The van der Waals surface area contributed by atoms with Crippen molar-refractivity contribution < 1.29 is 28.5 Å². The Kier molecular flexibility index (Phi) is 10.8. The van der Waals surface area contributed by atoms with Crippen molar-refractivity contribution in [3.63, 3.8) is 0 Å². The van der Waals surface area contributed by atoms with Gasteiger partial charge in [-0.2, -0.15) is 0 Å². The van der Waals surface area contributed by atoms with Gasteiger partial charge in [0.1, 0.15) is 18.2 Å². The van der Waals surface area contributed by atoms with E-state index in [2.05, 4.69) is 5.32 Å². The van der Waals surface area contributed by atoms with Gasteiger partial charge in [0.2, 0.25) is 10.3 Å². The molecule has 3 rings (SSSR count). The second-order valence-electron chi connectivity index (χ2n) is 7.80. The molecule has 1 aliphatic rings. The van der Waals surface area contributed by atoms with Crippen molar-refractivity contribution >= 4 is 34.3 Å². The SMILES string of the molecule is CO[C@@H]1O[C@H](COCc2ccccc2)[C@@H](OC(=S)SC)[C@H](OCc2ccccc2)[C@H]1NC(C)=O. The van der Waals surface area contributed by atoms with Gasteiger partial charge in [-0.3, -0.25) is 4.79 Å². The van der Waals surface area contributed by atoms with Crippen LogP contribution < -0.4 is 5.32 Å². The summed E-state index contributed by atoms with van der Waals surface area (Å²) in [7, 11) is 1.53. The number of thiocarbonyl (C=S) groups is 1. The number of carbonyl (C=O) groups excluding carboxylic acids is 1. The van der Waals surface area contributed by atoms with Crippen molar-refractivity contribution in [1.29, 1.82) is 0 Å². The minimum absolute atomic E-state index is 0.228. The molecule has 0 unspecified atom stereocenters. The standard InChI is InChI=1S/C25H31NO6S2/c1-17(27)26-21-23(30-15-19-12-8-5-9-13-19)22(32-25(33)34-3)20(31-24(21)28-2)16-29-14-18-10-6-4-7-11-18/h4-13,20-24H,14-16H2,1-3H3,(H,26,27)/t20-,21-,22-,23-,24-/m1/s1. The van der Waals surface area contributed by atoms with Gasteiger partial charge in [0.25, 0.3) is 0 Å². The first-order chi connectivity index (χ1) is 16.5. The number of rotatable bonds is 10. The maximum atomic E-state index is 12.0. The first-order valence-corrected chi connectivity index (χ1v) is 12.6. The molecule has 9 heteroatoms. The number of benzene rings is 2. The molecule has 1 amide bonds. The second-order valence-corrected chi connectivity index (χ2v) is 9.21. The molecule has 1 saturated heterocycles. The van der Waals surface area contributed by atoms with Crippen molar-refractivity contribution in [1.82, 2.24) is 5.32 Å². The summed E-state index contributed by atoms with van der Waals surface area (Å²) in [6, 6.07) is 19.1. The van der Waals surface area contributed by atoms with Gasteiger partial charge < -0.3 is 29.0 Å². The summed E-state index contributed by atoms with van der Waals surface area (Å²) in [4.78, 5) is 12.0. The van der Waals surface area contributed by atoms with Gasteiger partial charge in [-0.25, -0.2) is 0 Å². The molecule has 0 aliphatic carbocycles. The van der Waals surface area contributed by atoms with E-state index in [1.165, 1.54) is 25.8 Å². The summed E-state index contributed by atoms with van der Waals surface area (Å²) >= 11 is 6.68. The fraction of sp³-hybridized carbons (Fsp3) is 0.440. The third-order valence-corrected chi connectivity index (χ3v) is 6.35. The minimum atomic E-state index is -0.752. The molecule has 34 heavy (non-hydrogen) atoms. The Bertz CT molecular complexity index is 901. The summed E-state index contributed by atoms with van der Waals surface area (Å²) < 4.78 is 30.6. The molecule has 0 radical (unpaired) electrons. The van der Waals surface area contributed by atoms with E-state index in [-0.39, 0.29) is 12.5 Å². The summed E-state index contributed by atoms with van der Waals surface area (Å²) in [5.41, 5.74) is 2.04. The van der Waals surface area contributed by atoms with Crippen molar-refractivity contribution in [2.45, 2.75) is 50.8 Å². The molecule has 1 heterocycles. The molecular formula is C25H31NO6S2. The topological polar surface area (TPSA) is 75.2 Å². The Hall–Kier alpha value is -2.01. The Morgan fingerprint density at radius 1 is 1.03 bits per heavy atom. The molecule has 1 N–H and O–H groups in total. The fourth-order valence-electron chi connectivity index (χ4n) is 3.76. The third kappa shape index (κ3) is 7.76. The highest BCUT2D eigenvalue weighted by Crippen LogP contribution is 2.29. The van der Waals surface area contributed by atoms with Gasteiger partial charge in [0, 0.05) is 14.0 Å². The predicted octanol–water partition coefficient (Wildman–Crippen LogP) is 3.70. The van der Waals surface area contributed by atoms with Crippen molar-refractivity contribution in [3.05, 3.63) is 71.8 Å². The number of hydrogen-bond donors (Lipinski definition) is 1. The van der Waals surface area contributed by atoms with Crippen LogP contribution in [0.1, 0.15) is 18.1 Å². The molecule has 1 aliphatic heterocycles. The van der Waals surface area contributed by atoms with Crippen LogP contribution in [0.3, 0.4) is 0 Å². The monoisotopic (exact) mass is 505 g/mol. The van der Waals surface area contributed by atoms with Gasteiger partial charge in [-0.05, 0) is 29.6 Å². The lowest BCUT2D eigenvalue weighted by Crippen LogP contribution is -2.66. The number of thioether (sulfide) groups is 1. The molecule has 2 aromatic carbocycles. The van der Waals surface area contributed by atoms with Gasteiger partial charge in [-0.15, -0.1) is 0 Å². The number of amides is 1. The molecule has 0 spiro atoms. The number of nitrogens with one attached hydrogen (secondary N) is 1. The highest BCUT2D eigenvalue weighted by Gasteiger charge is 2.49. The van der Waals surface area contributed by atoms with E-state index in [4.69, 9.17) is 35.9 Å². The molecule has 184 valence electrons. The Labute approximate surface area is 210 Å². The summed E-state index contributed by atoms with van der Waals surface area (Å²) in [5, 5.41) is 2.91. The smallest absolute Gasteiger partial charge is 0.220 e. The first kappa shape index (κ1) is 26.6. The van der Waals surface area contributed by atoms with E-state index in [1.807, 2.05) is 66.9 Å². The van der Waals surface area contributed by atoms with Crippen LogP contribution in [0.4, 0.5) is 0 Å². The minimum Gasteiger partial charge on any atom is -0.470 e. The lowest BCUT2D eigenvalue weighted by molar-refractivity contribution is -0.271. The van der Waals surface area contributed by atoms with Gasteiger partial charge >= 0.3 is 0 Å². The summed E-state index contributed by atoms with van der Waals surface area (Å²) in [6.45, 7) is 2.41. The average Bonchev–Trinajstić information content (AvgIpc) is 2.85. The molecule has 0 aromatic heterocycles. The quantitative estimate of drug-likeness (QED) is 0.490. The highest BCUT2D eigenvalue weighted by molar-refractivity contribution is 8.22. The van der Waals surface area contributed by atoms with Crippen LogP contribution >= 0.6 is 24.0 Å². The van der Waals surface area contributed by atoms with Crippen LogP contribution in [0, 0.1) is 0 Å². The lowest BCUT2D eigenvalue weighted by Gasteiger charge is -2.45. The van der Waals surface area contributed by atoms with Gasteiger partial charge in [-0.1, -0.05) is 72.4 Å². The van der Waals surface area contributed by atoms with Gasteiger partial charge in [0.15, 0.2) is 12.4 Å². The van der Waals surface area contributed by atoms with Crippen molar-refractivity contribution in [3.8, 4) is 0 Å². The average molecular weight is 506 g/mol. The molecule has 0 bridgehead atoms. The van der Waals surface area contributed by atoms with E-state index in [0.29, 0.717) is 17.6 Å². The molecule has 0 saturated carbocycles. The molecule has 7 nitrogen and oxygen atoms in total. The lowest BCUT2D eigenvalue weighted by atomic mass is 9.96. The second kappa shape index (κ2) is 13.8. The highest BCUT2D eigenvalue weighted by atomic mass is 32.2. The van der Waals surface area contributed by atoms with Crippen LogP contribution in [0.15, 0.2) is 60.7 Å². The summed E-state index contributed by atoms with van der Waals surface area (Å²) in [6.07, 6.45) is -0.668. The van der Waals surface area contributed by atoms with Crippen molar-refractivity contribution in [2.75, 3.05) is 20.0 Å². The van der Waals surface area contributed by atoms with Gasteiger partial charge in [0.05, 0.1) is 19.8 Å². The zero-order valence-corrected chi connectivity index (χ0v) is 21.2. The first-order valence-electron chi connectivity index (χ1n) is 11.0. The zero-order chi connectivity index (χ0) is 24.3. The largest absolute Gasteiger partial charge is 0.470 e. The van der Waals surface area contributed by atoms with E-state index in [9.17, 15) is 4.79 Å². The molecule has 1 fully saturated rings. The Balaban J connectivity index is 1.82.